The molecule has 0 aromatic heterocycles. The molecule has 0 aliphatic carbocycles. The smallest absolute Gasteiger partial charge is 0.180 e. The molecule has 3 aromatic carbocycles. The van der Waals surface area contributed by atoms with Crippen molar-refractivity contribution in [2.75, 3.05) is 7.11 Å². The molecule has 0 saturated carbocycles. The predicted octanol–water partition coefficient (Wildman–Crippen LogP) is 4.13. The van der Waals surface area contributed by atoms with Crippen molar-refractivity contribution in [1.82, 2.24) is 0 Å². The number of methoxy groups -OCH3 is 1. The lowest BCUT2D eigenvalue weighted by atomic mass is 9.94. The molecule has 2 heterocycles. The minimum Gasteiger partial charge on any atom is -0.497 e. The van der Waals surface area contributed by atoms with Crippen molar-refractivity contribution in [2.24, 2.45) is 5.16 Å². The zero-order chi connectivity index (χ0) is 18.9. The van der Waals surface area contributed by atoms with Crippen LogP contribution in [-0.2, 0) is 4.84 Å². The minimum atomic E-state index is 0.814. The molecule has 5 rings (SSSR count). The molecule has 0 N–H and O–H groups in total. The molecule has 0 atom stereocenters. The van der Waals surface area contributed by atoms with Gasteiger partial charge in [0.1, 0.15) is 11.5 Å². The fraction of sp³-hybridized carbons (Fsp3) is 0.0417. The van der Waals surface area contributed by atoms with Gasteiger partial charge >= 0.3 is 0 Å². The summed E-state index contributed by atoms with van der Waals surface area (Å²) in [6.07, 6.45) is 0. The predicted molar refractivity (Wildman–Crippen MR) is 115 cm³/mol. The molecule has 2 aliphatic rings. The monoisotopic (exact) mass is 383 g/mol. The standard InChI is InChI=1S/C24H17NO2S/c1-26-19-13-11-16(12-14-19)21-22(17-7-3-2-4-8-17)25-27-23-20-10-6-5-9-18(20)15-28-24(21)23/h2-15H,1H3. The number of allylic oxidation sites excluding steroid dienone is 1. The molecule has 0 radical (unpaired) electrons. The second kappa shape index (κ2) is 7.06. The Morgan fingerprint density at radius 3 is 2.36 bits per heavy atom. The summed E-state index contributed by atoms with van der Waals surface area (Å²) in [6, 6.07) is 26.5. The van der Waals surface area contributed by atoms with Crippen molar-refractivity contribution < 1.29 is 9.57 Å². The number of hydrogen-bond donors (Lipinski definition) is 0. The summed E-state index contributed by atoms with van der Waals surface area (Å²) in [4.78, 5) is 7.03. The fourth-order valence-electron chi connectivity index (χ4n) is 3.43. The molecule has 0 bridgehead atoms. The zero-order valence-electron chi connectivity index (χ0n) is 15.3. The molecular formula is C24H17NO2S. The van der Waals surface area contributed by atoms with E-state index < -0.39 is 0 Å². The average molecular weight is 383 g/mol. The Labute approximate surface area is 167 Å². The van der Waals surface area contributed by atoms with Crippen LogP contribution >= 0.6 is 11.8 Å². The van der Waals surface area contributed by atoms with E-state index in [9.17, 15) is 0 Å². The fourth-order valence-corrected chi connectivity index (χ4v) is 4.47. The molecule has 0 amide bonds. The number of benzene rings is 3. The summed E-state index contributed by atoms with van der Waals surface area (Å²) in [5, 5.41) is 8.94. The van der Waals surface area contributed by atoms with Crippen LogP contribution in [0.4, 0.5) is 0 Å². The maximum absolute atomic E-state index is 5.95. The highest BCUT2D eigenvalue weighted by molar-refractivity contribution is 8.10. The number of ether oxygens (including phenoxy) is 1. The third-order valence-electron chi connectivity index (χ3n) is 4.83. The Kier molecular flexibility index (Phi) is 4.26. The topological polar surface area (TPSA) is 30.8 Å². The molecule has 0 spiro atoms. The zero-order valence-corrected chi connectivity index (χ0v) is 16.1. The second-order valence-corrected chi connectivity index (χ2v) is 7.36. The van der Waals surface area contributed by atoms with Gasteiger partial charge < -0.3 is 9.57 Å². The highest BCUT2D eigenvalue weighted by Crippen LogP contribution is 2.41. The van der Waals surface area contributed by atoms with Gasteiger partial charge in [0.2, 0.25) is 0 Å². The number of thioether (sulfide) groups is 1. The summed E-state index contributed by atoms with van der Waals surface area (Å²) in [7, 11) is 1.68. The van der Waals surface area contributed by atoms with Gasteiger partial charge in [0.15, 0.2) is 5.76 Å². The van der Waals surface area contributed by atoms with Crippen molar-refractivity contribution >= 4 is 34.2 Å². The van der Waals surface area contributed by atoms with Crippen LogP contribution in [0.3, 0.4) is 0 Å². The van der Waals surface area contributed by atoms with Gasteiger partial charge in [-0.2, -0.15) is 0 Å². The largest absolute Gasteiger partial charge is 0.497 e. The first-order valence-electron chi connectivity index (χ1n) is 9.01. The van der Waals surface area contributed by atoms with Gasteiger partial charge in [-0.15, -0.1) is 0 Å². The maximum Gasteiger partial charge on any atom is 0.180 e. The quantitative estimate of drug-likeness (QED) is 0.681. The normalized spacial score (nSPS) is 15.0. The molecule has 3 nitrogen and oxygen atoms in total. The number of rotatable bonds is 3. The Morgan fingerprint density at radius 2 is 1.57 bits per heavy atom. The first-order valence-corrected chi connectivity index (χ1v) is 9.89. The third kappa shape index (κ3) is 2.83. The van der Waals surface area contributed by atoms with E-state index in [1.165, 1.54) is 0 Å². The molecular weight excluding hydrogens is 366 g/mol. The van der Waals surface area contributed by atoms with Crippen molar-refractivity contribution in [3.05, 3.63) is 105 Å². The molecule has 28 heavy (non-hydrogen) atoms. The lowest BCUT2D eigenvalue weighted by Gasteiger charge is -2.24. The van der Waals surface area contributed by atoms with Crippen molar-refractivity contribution in [3.63, 3.8) is 0 Å². The van der Waals surface area contributed by atoms with Gasteiger partial charge in [-0.05, 0) is 28.3 Å². The van der Waals surface area contributed by atoms with Crippen LogP contribution in [0, 0.1) is 0 Å². The van der Waals surface area contributed by atoms with E-state index in [0.29, 0.717) is 0 Å². The van der Waals surface area contributed by atoms with E-state index in [-0.39, 0.29) is 0 Å². The first-order chi connectivity index (χ1) is 13.8. The Hall–Kier alpha value is -3.24. The van der Waals surface area contributed by atoms with Gasteiger partial charge in [0.25, 0.3) is 0 Å². The SMILES string of the molecule is COc1ccc(C2=C3SC=c4ccccc4=C3ON=C2c2ccccc2)cc1. The van der Waals surface area contributed by atoms with E-state index >= 15 is 0 Å². The highest BCUT2D eigenvalue weighted by atomic mass is 32.2. The molecule has 3 aromatic rings. The summed E-state index contributed by atoms with van der Waals surface area (Å²) < 4.78 is 5.33. The van der Waals surface area contributed by atoms with E-state index in [1.54, 1.807) is 18.9 Å². The molecule has 136 valence electrons. The third-order valence-corrected chi connectivity index (χ3v) is 5.83. The maximum atomic E-state index is 5.95. The van der Waals surface area contributed by atoms with Gasteiger partial charge in [0, 0.05) is 16.4 Å². The van der Waals surface area contributed by atoms with Crippen molar-refractivity contribution in [3.8, 4) is 5.75 Å². The number of fused-ring (bicyclic) bond motifs is 2. The van der Waals surface area contributed by atoms with Crippen LogP contribution in [-0.4, -0.2) is 12.8 Å². The minimum absolute atomic E-state index is 0.814. The number of nitrogens with zero attached hydrogens (tertiary/aromatic N) is 1. The summed E-state index contributed by atoms with van der Waals surface area (Å²) in [5.41, 5.74) is 4.02. The Morgan fingerprint density at radius 1 is 0.821 bits per heavy atom. The summed E-state index contributed by atoms with van der Waals surface area (Å²) >= 11 is 1.68. The van der Waals surface area contributed by atoms with Crippen LogP contribution < -0.4 is 15.2 Å². The van der Waals surface area contributed by atoms with E-state index in [4.69, 9.17) is 9.57 Å². The van der Waals surface area contributed by atoms with Gasteiger partial charge in [-0.1, -0.05) is 83.6 Å². The molecule has 0 unspecified atom stereocenters. The van der Waals surface area contributed by atoms with Crippen LogP contribution in [0.5, 0.6) is 5.75 Å². The summed E-state index contributed by atoms with van der Waals surface area (Å²) in [5.74, 6) is 1.64. The van der Waals surface area contributed by atoms with Crippen LogP contribution in [0.15, 0.2) is 88.9 Å². The lowest BCUT2D eigenvalue weighted by molar-refractivity contribution is 0.295. The van der Waals surface area contributed by atoms with E-state index in [0.717, 1.165) is 49.3 Å². The van der Waals surface area contributed by atoms with Gasteiger partial charge in [-0.3, -0.25) is 0 Å². The molecule has 0 fully saturated rings. The van der Waals surface area contributed by atoms with Crippen LogP contribution in [0.1, 0.15) is 11.1 Å². The average Bonchev–Trinajstić information content (AvgIpc) is 2.79. The second-order valence-electron chi connectivity index (χ2n) is 6.48. The van der Waals surface area contributed by atoms with Crippen LogP contribution in [0.25, 0.3) is 16.7 Å². The lowest BCUT2D eigenvalue weighted by Crippen LogP contribution is -2.31. The molecule has 0 saturated heterocycles. The van der Waals surface area contributed by atoms with Crippen LogP contribution in [0.2, 0.25) is 0 Å². The first kappa shape index (κ1) is 16.9. The Bertz CT molecular complexity index is 1230. The highest BCUT2D eigenvalue weighted by Gasteiger charge is 2.28. The van der Waals surface area contributed by atoms with E-state index in [1.807, 2.05) is 42.5 Å². The van der Waals surface area contributed by atoms with E-state index in [2.05, 4.69) is 47.0 Å². The number of hydrogen-bond acceptors (Lipinski definition) is 4. The molecule has 2 aliphatic heterocycles. The molecule has 4 heteroatoms. The van der Waals surface area contributed by atoms with Crippen molar-refractivity contribution in [1.29, 1.82) is 0 Å². The van der Waals surface area contributed by atoms with Gasteiger partial charge in [0.05, 0.1) is 12.0 Å². The summed E-state index contributed by atoms with van der Waals surface area (Å²) in [6.45, 7) is 0. The van der Waals surface area contributed by atoms with Gasteiger partial charge in [-0.25, -0.2) is 0 Å². The Balaban J connectivity index is 1.77. The number of oxime groups is 1. The van der Waals surface area contributed by atoms with Crippen molar-refractivity contribution in [2.45, 2.75) is 0 Å².